The van der Waals surface area contributed by atoms with Gasteiger partial charge in [0.05, 0.1) is 0 Å². The molecule has 0 radical (unpaired) electrons. The van der Waals surface area contributed by atoms with Crippen LogP contribution in [0.5, 0.6) is 0 Å². The molecule has 0 saturated heterocycles. The van der Waals surface area contributed by atoms with E-state index in [0.717, 1.165) is 18.3 Å². The van der Waals surface area contributed by atoms with Crippen LogP contribution in [0.1, 0.15) is 26.2 Å². The smallest absolute Gasteiger partial charge is 0.143 e. The third kappa shape index (κ3) is 0.562. The van der Waals surface area contributed by atoms with Crippen LogP contribution in [0, 0.1) is 23.7 Å². The first kappa shape index (κ1) is 6.88. The lowest BCUT2D eigenvalue weighted by Gasteiger charge is -2.35. The highest BCUT2D eigenvalue weighted by atomic mass is 16.1. The van der Waals surface area contributed by atoms with Crippen LogP contribution in [0.2, 0.25) is 0 Å². The number of allylic oxidation sites excluding steroid dienone is 2. The van der Waals surface area contributed by atoms with Gasteiger partial charge in [0.2, 0.25) is 0 Å². The molecule has 0 aromatic heterocycles. The lowest BCUT2D eigenvalue weighted by molar-refractivity contribution is -0.137. The number of carbonyl (C=O) groups is 1. The molecule has 0 bridgehead atoms. The molecule has 0 aliphatic heterocycles. The summed E-state index contributed by atoms with van der Waals surface area (Å²) in [4.78, 5) is 11.5. The monoisotopic (exact) mass is 162 g/mol. The normalized spacial score (nSPS) is 48.8. The number of ketones is 1. The molecule has 3 aliphatic rings. The number of hydrogen-bond acceptors (Lipinski definition) is 1. The number of carbonyl (C=O) groups excluding carboxylic acids is 1. The van der Waals surface area contributed by atoms with Gasteiger partial charge in [0, 0.05) is 11.8 Å². The molecule has 3 rings (SSSR count). The van der Waals surface area contributed by atoms with Crippen molar-refractivity contribution in [3.8, 4) is 0 Å². The predicted octanol–water partition coefficient (Wildman–Crippen LogP) is 2.18. The Bertz CT molecular complexity index is 277. The topological polar surface area (TPSA) is 17.1 Å². The Kier molecular flexibility index (Phi) is 1.15. The number of hydrogen-bond donors (Lipinski definition) is 0. The SMILES string of the molecule is CCC1=C[C@H]2C(=O)[C@H]3CC[C@@H]1[C@H]32. The van der Waals surface area contributed by atoms with Gasteiger partial charge in [0.1, 0.15) is 5.78 Å². The Morgan fingerprint density at radius 3 is 2.92 bits per heavy atom. The zero-order valence-corrected chi connectivity index (χ0v) is 7.42. The molecular weight excluding hydrogens is 148 g/mol. The van der Waals surface area contributed by atoms with E-state index in [1.807, 2.05) is 0 Å². The van der Waals surface area contributed by atoms with Crippen molar-refractivity contribution in [1.82, 2.24) is 0 Å². The second-order valence-corrected chi connectivity index (χ2v) is 4.39. The summed E-state index contributed by atoms with van der Waals surface area (Å²) in [6, 6.07) is 0. The summed E-state index contributed by atoms with van der Waals surface area (Å²) >= 11 is 0. The maximum Gasteiger partial charge on any atom is 0.143 e. The molecule has 0 amide bonds. The Balaban J connectivity index is 1.99. The van der Waals surface area contributed by atoms with Gasteiger partial charge in [-0.2, -0.15) is 0 Å². The molecule has 0 aromatic rings. The molecule has 0 unspecified atom stereocenters. The summed E-state index contributed by atoms with van der Waals surface area (Å²) in [5.41, 5.74) is 1.58. The summed E-state index contributed by atoms with van der Waals surface area (Å²) in [6.45, 7) is 2.22. The van der Waals surface area contributed by atoms with Crippen LogP contribution in [0.3, 0.4) is 0 Å². The first-order valence-corrected chi connectivity index (χ1v) is 5.07. The summed E-state index contributed by atoms with van der Waals surface area (Å²) in [6.07, 6.45) is 5.91. The van der Waals surface area contributed by atoms with Crippen LogP contribution < -0.4 is 0 Å². The molecule has 4 atom stereocenters. The first-order chi connectivity index (χ1) is 5.83. The fraction of sp³-hybridized carbons (Fsp3) is 0.727. The van der Waals surface area contributed by atoms with E-state index in [1.54, 1.807) is 5.57 Å². The van der Waals surface area contributed by atoms with Crippen LogP contribution in [-0.4, -0.2) is 5.78 Å². The zero-order valence-electron chi connectivity index (χ0n) is 7.42. The van der Waals surface area contributed by atoms with Crippen molar-refractivity contribution < 1.29 is 4.79 Å². The van der Waals surface area contributed by atoms with Gasteiger partial charge in [-0.05, 0) is 31.1 Å². The van der Waals surface area contributed by atoms with Crippen LogP contribution in [0.25, 0.3) is 0 Å². The molecule has 12 heavy (non-hydrogen) atoms. The first-order valence-electron chi connectivity index (χ1n) is 5.07. The van der Waals surface area contributed by atoms with Gasteiger partial charge in [-0.3, -0.25) is 4.79 Å². The van der Waals surface area contributed by atoms with Crippen molar-refractivity contribution in [2.24, 2.45) is 23.7 Å². The highest BCUT2D eigenvalue weighted by molar-refractivity contribution is 5.93. The second kappa shape index (κ2) is 2.01. The number of Topliss-reactive ketones (excluding diaryl/α,β-unsaturated/α-hetero) is 1. The van der Waals surface area contributed by atoms with E-state index in [0.29, 0.717) is 17.6 Å². The molecule has 3 aliphatic carbocycles. The summed E-state index contributed by atoms with van der Waals surface area (Å²) in [7, 11) is 0. The van der Waals surface area contributed by atoms with E-state index in [4.69, 9.17) is 0 Å². The minimum absolute atomic E-state index is 0.359. The van der Waals surface area contributed by atoms with Gasteiger partial charge in [-0.15, -0.1) is 0 Å². The van der Waals surface area contributed by atoms with E-state index in [9.17, 15) is 4.79 Å². The van der Waals surface area contributed by atoms with Crippen LogP contribution >= 0.6 is 0 Å². The Labute approximate surface area is 72.8 Å². The standard InChI is InChI=1S/C11H14O/c1-2-6-5-9-10-7(6)3-4-8(10)11(9)12/h5,7-10H,2-4H2,1H3/t7-,8-,9+,10+/m0/s1. The molecule has 0 spiro atoms. The Morgan fingerprint density at radius 2 is 2.17 bits per heavy atom. The maximum atomic E-state index is 11.5. The fourth-order valence-electron chi connectivity index (χ4n) is 3.54. The van der Waals surface area contributed by atoms with Crippen LogP contribution in [0.4, 0.5) is 0 Å². The van der Waals surface area contributed by atoms with E-state index in [2.05, 4.69) is 13.0 Å². The van der Waals surface area contributed by atoms with Crippen LogP contribution in [-0.2, 0) is 4.79 Å². The van der Waals surface area contributed by atoms with E-state index < -0.39 is 0 Å². The molecule has 64 valence electrons. The minimum atomic E-state index is 0.359. The third-order valence-corrected chi connectivity index (χ3v) is 4.10. The summed E-state index contributed by atoms with van der Waals surface area (Å²) in [5, 5.41) is 0. The van der Waals surface area contributed by atoms with Crippen molar-refractivity contribution >= 4 is 5.78 Å². The average molecular weight is 162 g/mol. The third-order valence-electron chi connectivity index (χ3n) is 4.10. The molecule has 2 fully saturated rings. The van der Waals surface area contributed by atoms with Crippen molar-refractivity contribution in [2.45, 2.75) is 26.2 Å². The minimum Gasteiger partial charge on any atom is -0.299 e. The van der Waals surface area contributed by atoms with Crippen molar-refractivity contribution in [3.63, 3.8) is 0 Å². The molecule has 1 nitrogen and oxygen atoms in total. The molecule has 0 N–H and O–H groups in total. The van der Waals surface area contributed by atoms with Crippen molar-refractivity contribution in [1.29, 1.82) is 0 Å². The van der Waals surface area contributed by atoms with Crippen molar-refractivity contribution in [3.05, 3.63) is 11.6 Å². The second-order valence-electron chi connectivity index (χ2n) is 4.39. The summed E-state index contributed by atoms with van der Waals surface area (Å²) in [5.74, 6) is 2.94. The van der Waals surface area contributed by atoms with Gasteiger partial charge in [-0.1, -0.05) is 18.6 Å². The van der Waals surface area contributed by atoms with Crippen LogP contribution in [0.15, 0.2) is 11.6 Å². The molecule has 0 heterocycles. The zero-order chi connectivity index (χ0) is 8.29. The van der Waals surface area contributed by atoms with Crippen molar-refractivity contribution in [2.75, 3.05) is 0 Å². The predicted molar refractivity (Wildman–Crippen MR) is 46.6 cm³/mol. The van der Waals surface area contributed by atoms with Gasteiger partial charge < -0.3 is 0 Å². The Morgan fingerprint density at radius 1 is 1.42 bits per heavy atom. The molecular formula is C11H14O. The average Bonchev–Trinajstić information content (AvgIpc) is 2.55. The van der Waals surface area contributed by atoms with E-state index >= 15 is 0 Å². The molecule has 0 aromatic carbocycles. The van der Waals surface area contributed by atoms with Gasteiger partial charge >= 0.3 is 0 Å². The fourth-order valence-corrected chi connectivity index (χ4v) is 3.54. The maximum absolute atomic E-state index is 11.5. The molecule has 1 heteroatoms. The van der Waals surface area contributed by atoms with E-state index in [1.165, 1.54) is 12.8 Å². The highest BCUT2D eigenvalue weighted by Gasteiger charge is 2.58. The van der Waals surface area contributed by atoms with Gasteiger partial charge in [0.15, 0.2) is 0 Å². The van der Waals surface area contributed by atoms with Gasteiger partial charge in [-0.25, -0.2) is 0 Å². The largest absolute Gasteiger partial charge is 0.299 e. The number of rotatable bonds is 1. The molecule has 2 saturated carbocycles. The van der Waals surface area contributed by atoms with E-state index in [-0.39, 0.29) is 0 Å². The Hall–Kier alpha value is -0.590. The lowest BCUT2D eigenvalue weighted by Crippen LogP contribution is -2.42. The quantitative estimate of drug-likeness (QED) is 0.540. The van der Waals surface area contributed by atoms with Gasteiger partial charge in [0.25, 0.3) is 0 Å². The highest BCUT2D eigenvalue weighted by Crippen LogP contribution is 2.59. The lowest BCUT2D eigenvalue weighted by atomic mass is 9.66. The summed E-state index contributed by atoms with van der Waals surface area (Å²) < 4.78 is 0.